The lowest BCUT2D eigenvalue weighted by atomic mass is 10.0. The maximum atomic E-state index is 13.3. The zero-order valence-corrected chi connectivity index (χ0v) is 15.9. The summed E-state index contributed by atoms with van der Waals surface area (Å²) in [6, 6.07) is 3.80. The molecule has 1 amide bonds. The third-order valence-corrected chi connectivity index (χ3v) is 4.59. The number of hydrogen-bond donors (Lipinski definition) is 1. The molecular formula is C20H18ClFN2O3. The van der Waals surface area contributed by atoms with Crippen LogP contribution in [0.1, 0.15) is 44.9 Å². The van der Waals surface area contributed by atoms with E-state index in [1.54, 1.807) is 20.9 Å². The largest absolute Gasteiger partial charge is 0.343 e. The molecule has 0 unspecified atom stereocenters. The van der Waals surface area contributed by atoms with Gasteiger partial charge in [0, 0.05) is 31.3 Å². The van der Waals surface area contributed by atoms with Crippen LogP contribution in [0.5, 0.6) is 0 Å². The Morgan fingerprint density at radius 3 is 2.56 bits per heavy atom. The van der Waals surface area contributed by atoms with Crippen LogP contribution in [0.2, 0.25) is 5.02 Å². The van der Waals surface area contributed by atoms with E-state index in [9.17, 15) is 18.8 Å². The SMILES string of the molecule is C#CCCC(=O)C(=O)c1c(C)c(C(=O)Nc2ccc(F)c(Cl)c2)n(C)c1C. The Bertz CT molecular complexity index is 986. The highest BCUT2D eigenvalue weighted by Crippen LogP contribution is 2.25. The Balaban J connectivity index is 2.36. The number of rotatable bonds is 6. The van der Waals surface area contributed by atoms with E-state index in [1.165, 1.54) is 16.7 Å². The molecule has 0 spiro atoms. The smallest absolute Gasteiger partial charge is 0.272 e. The van der Waals surface area contributed by atoms with Gasteiger partial charge in [0.2, 0.25) is 11.6 Å². The van der Waals surface area contributed by atoms with Crippen molar-refractivity contribution in [2.24, 2.45) is 7.05 Å². The van der Waals surface area contributed by atoms with Crippen molar-refractivity contribution in [3.05, 3.63) is 51.6 Å². The van der Waals surface area contributed by atoms with E-state index in [2.05, 4.69) is 11.2 Å². The number of carbonyl (C=O) groups excluding carboxylic acids is 3. The van der Waals surface area contributed by atoms with Crippen molar-refractivity contribution in [2.45, 2.75) is 26.7 Å². The first-order valence-electron chi connectivity index (χ1n) is 8.12. The molecule has 140 valence electrons. The first kappa shape index (κ1) is 20.4. The Morgan fingerprint density at radius 2 is 1.96 bits per heavy atom. The molecule has 5 nitrogen and oxygen atoms in total. The molecule has 1 heterocycles. The summed E-state index contributed by atoms with van der Waals surface area (Å²) in [7, 11) is 1.62. The van der Waals surface area contributed by atoms with Gasteiger partial charge in [-0.1, -0.05) is 11.6 Å². The van der Waals surface area contributed by atoms with Gasteiger partial charge in [0.15, 0.2) is 0 Å². The Kier molecular flexibility index (Phi) is 6.19. The number of nitrogens with zero attached hydrogens (tertiary/aromatic N) is 1. The van der Waals surface area contributed by atoms with Crippen LogP contribution < -0.4 is 5.32 Å². The maximum Gasteiger partial charge on any atom is 0.272 e. The minimum atomic E-state index is -0.667. The highest BCUT2D eigenvalue weighted by Gasteiger charge is 2.28. The van der Waals surface area contributed by atoms with Crippen LogP contribution in [0.3, 0.4) is 0 Å². The van der Waals surface area contributed by atoms with E-state index in [4.69, 9.17) is 18.0 Å². The molecule has 1 aromatic carbocycles. The van der Waals surface area contributed by atoms with Crippen molar-refractivity contribution in [2.75, 3.05) is 5.32 Å². The molecular weight excluding hydrogens is 371 g/mol. The quantitative estimate of drug-likeness (QED) is 0.464. The predicted molar refractivity (Wildman–Crippen MR) is 102 cm³/mol. The summed E-state index contributed by atoms with van der Waals surface area (Å²) in [5, 5.41) is 2.49. The van der Waals surface area contributed by atoms with Crippen molar-refractivity contribution in [1.82, 2.24) is 4.57 Å². The second kappa shape index (κ2) is 8.19. The van der Waals surface area contributed by atoms with Crippen molar-refractivity contribution in [3.63, 3.8) is 0 Å². The van der Waals surface area contributed by atoms with Gasteiger partial charge in [-0.2, -0.15) is 0 Å². The number of nitrogens with one attached hydrogen (secondary N) is 1. The topological polar surface area (TPSA) is 68.2 Å². The highest BCUT2D eigenvalue weighted by atomic mass is 35.5. The molecule has 0 aliphatic rings. The second-order valence-electron chi connectivity index (χ2n) is 6.03. The van der Waals surface area contributed by atoms with Crippen LogP contribution in [0, 0.1) is 32.0 Å². The standard InChI is InChI=1S/C20H18ClFN2O3/c1-5-6-7-16(25)19(26)17-11(2)18(24(4)12(17)3)20(27)23-13-8-9-15(22)14(21)10-13/h1,8-10H,6-7H2,2-4H3,(H,23,27). The minimum Gasteiger partial charge on any atom is -0.343 e. The van der Waals surface area contributed by atoms with Gasteiger partial charge in [-0.3, -0.25) is 14.4 Å². The minimum absolute atomic E-state index is 0.0429. The normalized spacial score (nSPS) is 10.4. The van der Waals surface area contributed by atoms with Gasteiger partial charge in [-0.25, -0.2) is 4.39 Å². The fourth-order valence-corrected chi connectivity index (χ4v) is 3.02. The average molecular weight is 389 g/mol. The number of benzene rings is 1. The van der Waals surface area contributed by atoms with Crippen LogP contribution in [0.4, 0.5) is 10.1 Å². The van der Waals surface area contributed by atoms with E-state index in [-0.39, 0.29) is 29.1 Å². The second-order valence-corrected chi connectivity index (χ2v) is 6.44. The number of ketones is 2. The third kappa shape index (κ3) is 4.09. The monoisotopic (exact) mass is 388 g/mol. The highest BCUT2D eigenvalue weighted by molar-refractivity contribution is 6.44. The lowest BCUT2D eigenvalue weighted by molar-refractivity contribution is -0.115. The molecule has 0 radical (unpaired) electrons. The van der Waals surface area contributed by atoms with Crippen LogP contribution in [0.25, 0.3) is 0 Å². The molecule has 0 atom stereocenters. The summed E-state index contributed by atoms with van der Waals surface area (Å²) < 4.78 is 14.8. The van der Waals surface area contributed by atoms with Crippen LogP contribution in [-0.4, -0.2) is 22.0 Å². The van der Waals surface area contributed by atoms with Gasteiger partial charge in [-0.15, -0.1) is 12.3 Å². The lowest BCUT2D eigenvalue weighted by Crippen LogP contribution is -2.17. The van der Waals surface area contributed by atoms with Crippen molar-refractivity contribution in [3.8, 4) is 12.3 Å². The van der Waals surface area contributed by atoms with Crippen LogP contribution in [-0.2, 0) is 11.8 Å². The summed E-state index contributed by atoms with van der Waals surface area (Å²) >= 11 is 5.73. The van der Waals surface area contributed by atoms with E-state index in [0.717, 1.165) is 6.07 Å². The van der Waals surface area contributed by atoms with E-state index >= 15 is 0 Å². The predicted octanol–water partition coefficient (Wildman–Crippen LogP) is 3.85. The van der Waals surface area contributed by atoms with Gasteiger partial charge in [-0.05, 0) is 37.6 Å². The summed E-state index contributed by atoms with van der Waals surface area (Å²) in [5.74, 6) is -0.0394. The summed E-state index contributed by atoms with van der Waals surface area (Å²) in [6.45, 7) is 3.25. The molecule has 1 N–H and O–H groups in total. The van der Waals surface area contributed by atoms with E-state index < -0.39 is 23.3 Å². The molecule has 2 rings (SSSR count). The number of anilines is 1. The Morgan fingerprint density at radius 1 is 1.30 bits per heavy atom. The van der Waals surface area contributed by atoms with E-state index in [1.807, 2.05) is 0 Å². The van der Waals surface area contributed by atoms with Gasteiger partial charge < -0.3 is 9.88 Å². The molecule has 0 bridgehead atoms. The van der Waals surface area contributed by atoms with Crippen molar-refractivity contribution >= 4 is 34.8 Å². The number of halogens is 2. The molecule has 7 heteroatoms. The number of carbonyl (C=O) groups is 3. The molecule has 1 aromatic heterocycles. The number of amides is 1. The average Bonchev–Trinajstić information content (AvgIpc) is 2.84. The molecule has 2 aromatic rings. The van der Waals surface area contributed by atoms with Crippen LogP contribution in [0.15, 0.2) is 18.2 Å². The van der Waals surface area contributed by atoms with Gasteiger partial charge in [0.05, 0.1) is 10.6 Å². The van der Waals surface area contributed by atoms with Crippen molar-refractivity contribution in [1.29, 1.82) is 0 Å². The van der Waals surface area contributed by atoms with Gasteiger partial charge in [0.1, 0.15) is 11.5 Å². The van der Waals surface area contributed by atoms with Crippen LogP contribution >= 0.6 is 11.6 Å². The first-order chi connectivity index (χ1) is 12.7. The summed E-state index contributed by atoms with van der Waals surface area (Å²) in [5.41, 5.74) is 1.61. The van der Waals surface area contributed by atoms with Gasteiger partial charge in [0.25, 0.3) is 5.91 Å². The Hall–Kier alpha value is -2.91. The molecule has 0 saturated heterocycles. The lowest BCUT2D eigenvalue weighted by Gasteiger charge is -2.08. The number of terminal acetylenes is 1. The molecule has 0 aliphatic carbocycles. The van der Waals surface area contributed by atoms with Crippen molar-refractivity contribution < 1.29 is 18.8 Å². The maximum absolute atomic E-state index is 13.3. The number of aromatic nitrogens is 1. The zero-order chi connectivity index (χ0) is 20.3. The summed E-state index contributed by atoms with van der Waals surface area (Å²) in [6.07, 6.45) is 5.27. The molecule has 0 saturated carbocycles. The molecule has 27 heavy (non-hydrogen) atoms. The Labute approximate surface area is 161 Å². The van der Waals surface area contributed by atoms with E-state index in [0.29, 0.717) is 16.9 Å². The molecule has 0 fully saturated rings. The fraction of sp³-hybridized carbons (Fsp3) is 0.250. The third-order valence-electron chi connectivity index (χ3n) is 4.30. The molecule has 0 aliphatic heterocycles. The number of hydrogen-bond acceptors (Lipinski definition) is 3. The zero-order valence-electron chi connectivity index (χ0n) is 15.2. The fourth-order valence-electron chi connectivity index (χ4n) is 2.84. The first-order valence-corrected chi connectivity index (χ1v) is 8.50. The van der Waals surface area contributed by atoms with Gasteiger partial charge >= 0.3 is 0 Å². The number of Topliss-reactive ketones (excluding diaryl/α,β-unsaturated/α-hetero) is 2. The summed E-state index contributed by atoms with van der Waals surface area (Å²) in [4.78, 5) is 37.2.